The van der Waals surface area contributed by atoms with Crippen molar-refractivity contribution in [1.82, 2.24) is 4.90 Å². The van der Waals surface area contributed by atoms with E-state index in [4.69, 9.17) is 10.8 Å². The molecule has 0 aliphatic heterocycles. The van der Waals surface area contributed by atoms with Gasteiger partial charge in [-0.1, -0.05) is 6.92 Å². The molecule has 0 saturated heterocycles. The van der Waals surface area contributed by atoms with Crippen molar-refractivity contribution in [2.45, 2.75) is 19.8 Å². The first-order valence-electron chi connectivity index (χ1n) is 6.75. The minimum atomic E-state index is -0.497. The van der Waals surface area contributed by atoms with E-state index in [9.17, 15) is 9.18 Å². The lowest BCUT2D eigenvalue weighted by atomic mass is 10.2. The molecule has 0 fully saturated rings. The lowest BCUT2D eigenvalue weighted by Gasteiger charge is -2.18. The topological polar surface area (TPSA) is 78.6 Å². The zero-order chi connectivity index (χ0) is 15.0. The van der Waals surface area contributed by atoms with Crippen LogP contribution in [0.3, 0.4) is 0 Å². The van der Waals surface area contributed by atoms with Gasteiger partial charge in [0.05, 0.1) is 12.3 Å². The highest BCUT2D eigenvalue weighted by Gasteiger charge is 2.08. The van der Waals surface area contributed by atoms with Gasteiger partial charge in [0.25, 0.3) is 0 Å². The molecule has 0 saturated carbocycles. The van der Waals surface area contributed by atoms with E-state index in [1.807, 2.05) is 11.8 Å². The minimum Gasteiger partial charge on any atom is -0.399 e. The number of carbonyl (C=O) groups is 1. The average Bonchev–Trinajstić information content (AvgIpc) is 2.42. The third-order valence-electron chi connectivity index (χ3n) is 3.01. The number of hydrogen-bond acceptors (Lipinski definition) is 4. The summed E-state index contributed by atoms with van der Waals surface area (Å²) in [6, 6.07) is 4.07. The van der Waals surface area contributed by atoms with Crippen LogP contribution in [0.1, 0.15) is 19.8 Å². The number of hydrogen-bond donors (Lipinski definition) is 3. The highest BCUT2D eigenvalue weighted by molar-refractivity contribution is 5.91. The molecule has 0 aliphatic rings. The summed E-state index contributed by atoms with van der Waals surface area (Å²) in [4.78, 5) is 13.8. The quantitative estimate of drug-likeness (QED) is 0.631. The third-order valence-corrected chi connectivity index (χ3v) is 3.01. The zero-order valence-electron chi connectivity index (χ0n) is 11.7. The van der Waals surface area contributed by atoms with Crippen molar-refractivity contribution in [2.24, 2.45) is 0 Å². The van der Waals surface area contributed by atoms with E-state index >= 15 is 0 Å². The molecular formula is C14H22FN3O2. The van der Waals surface area contributed by atoms with Gasteiger partial charge in [0.2, 0.25) is 5.91 Å². The number of nitrogen functional groups attached to an aromatic ring is 1. The summed E-state index contributed by atoms with van der Waals surface area (Å²) in [6.45, 7) is 4.25. The first kappa shape index (κ1) is 16.4. The predicted octanol–water partition coefficient (Wildman–Crippen LogP) is 1.44. The molecule has 1 amide bonds. The fourth-order valence-electron chi connectivity index (χ4n) is 1.88. The van der Waals surface area contributed by atoms with Gasteiger partial charge < -0.3 is 21.1 Å². The monoisotopic (exact) mass is 283 g/mol. The van der Waals surface area contributed by atoms with Gasteiger partial charge in [0.15, 0.2) is 0 Å². The number of anilines is 2. The Kier molecular flexibility index (Phi) is 6.97. The van der Waals surface area contributed by atoms with E-state index < -0.39 is 5.82 Å². The summed E-state index contributed by atoms with van der Waals surface area (Å²) in [5.41, 5.74) is 6.06. The Morgan fingerprint density at radius 1 is 1.45 bits per heavy atom. The highest BCUT2D eigenvalue weighted by Crippen LogP contribution is 2.17. The van der Waals surface area contributed by atoms with Crippen molar-refractivity contribution < 1.29 is 14.3 Å². The van der Waals surface area contributed by atoms with Crippen LogP contribution in [-0.4, -0.2) is 42.2 Å². The second kappa shape index (κ2) is 8.50. The van der Waals surface area contributed by atoms with Crippen LogP contribution >= 0.6 is 0 Å². The largest absolute Gasteiger partial charge is 0.399 e. The molecule has 0 spiro atoms. The number of rotatable bonds is 8. The third kappa shape index (κ3) is 5.54. The van der Waals surface area contributed by atoms with Gasteiger partial charge in [-0.2, -0.15) is 0 Å². The Bertz CT molecular complexity index is 440. The van der Waals surface area contributed by atoms with Crippen LogP contribution in [0.2, 0.25) is 0 Å². The number of aliphatic hydroxyl groups excluding tert-OH is 1. The van der Waals surface area contributed by atoms with Crippen LogP contribution in [0.4, 0.5) is 15.8 Å². The molecule has 0 aromatic heterocycles. The molecule has 112 valence electrons. The number of halogens is 1. The highest BCUT2D eigenvalue weighted by atomic mass is 19.1. The van der Waals surface area contributed by atoms with Crippen LogP contribution in [0.25, 0.3) is 0 Å². The van der Waals surface area contributed by atoms with Gasteiger partial charge in [-0.25, -0.2) is 4.39 Å². The molecule has 0 radical (unpaired) electrons. The molecule has 1 rings (SSSR count). The van der Waals surface area contributed by atoms with E-state index in [0.29, 0.717) is 25.1 Å². The van der Waals surface area contributed by atoms with Crippen molar-refractivity contribution in [2.75, 3.05) is 37.3 Å². The molecule has 1 aromatic carbocycles. The molecular weight excluding hydrogens is 261 g/mol. The van der Waals surface area contributed by atoms with Crippen molar-refractivity contribution in [3.63, 3.8) is 0 Å². The molecule has 20 heavy (non-hydrogen) atoms. The second-order valence-corrected chi connectivity index (χ2v) is 4.55. The lowest BCUT2D eigenvalue weighted by Crippen LogP contribution is -2.28. The minimum absolute atomic E-state index is 0.106. The van der Waals surface area contributed by atoms with Crippen molar-refractivity contribution in [3.05, 3.63) is 24.0 Å². The molecule has 0 unspecified atom stereocenters. The Labute approximate surface area is 118 Å². The lowest BCUT2D eigenvalue weighted by molar-refractivity contribution is -0.116. The summed E-state index contributed by atoms with van der Waals surface area (Å²) >= 11 is 0. The van der Waals surface area contributed by atoms with Crippen LogP contribution < -0.4 is 11.1 Å². The first-order chi connectivity index (χ1) is 9.56. The molecule has 5 nitrogen and oxygen atoms in total. The number of carbonyl (C=O) groups excluding carboxylic acids is 1. The van der Waals surface area contributed by atoms with Crippen molar-refractivity contribution in [3.8, 4) is 0 Å². The van der Waals surface area contributed by atoms with E-state index in [-0.39, 0.29) is 18.2 Å². The first-order valence-corrected chi connectivity index (χ1v) is 6.75. The van der Waals surface area contributed by atoms with Gasteiger partial charge in [-0.15, -0.1) is 0 Å². The summed E-state index contributed by atoms with van der Waals surface area (Å²) in [6.07, 6.45) is 0.958. The Morgan fingerprint density at radius 2 is 2.20 bits per heavy atom. The van der Waals surface area contributed by atoms with Crippen LogP contribution in [0.15, 0.2) is 18.2 Å². The summed E-state index contributed by atoms with van der Waals surface area (Å²) in [5.74, 6) is -0.738. The molecule has 0 atom stereocenters. The Balaban J connectivity index is 2.38. The summed E-state index contributed by atoms with van der Waals surface area (Å²) < 4.78 is 13.4. The van der Waals surface area contributed by atoms with Crippen LogP contribution in [0.5, 0.6) is 0 Å². The number of aliphatic hydroxyl groups is 1. The van der Waals surface area contributed by atoms with Crippen molar-refractivity contribution >= 4 is 17.3 Å². The second-order valence-electron chi connectivity index (χ2n) is 4.55. The zero-order valence-corrected chi connectivity index (χ0v) is 11.7. The predicted molar refractivity (Wildman–Crippen MR) is 77.9 cm³/mol. The van der Waals surface area contributed by atoms with E-state index in [1.54, 1.807) is 0 Å². The average molecular weight is 283 g/mol. The van der Waals surface area contributed by atoms with E-state index in [1.165, 1.54) is 18.2 Å². The maximum atomic E-state index is 13.4. The normalized spacial score (nSPS) is 10.8. The van der Waals surface area contributed by atoms with Gasteiger partial charge in [-0.3, -0.25) is 4.79 Å². The Hall–Kier alpha value is -1.66. The van der Waals surface area contributed by atoms with Gasteiger partial charge in [0.1, 0.15) is 5.82 Å². The maximum absolute atomic E-state index is 13.4. The van der Waals surface area contributed by atoms with Crippen LogP contribution in [-0.2, 0) is 4.79 Å². The summed E-state index contributed by atoms with van der Waals surface area (Å²) in [7, 11) is 0. The number of nitrogens with zero attached hydrogens (tertiary/aromatic N) is 1. The van der Waals surface area contributed by atoms with Gasteiger partial charge in [0, 0.05) is 18.7 Å². The maximum Gasteiger partial charge on any atom is 0.224 e. The van der Waals surface area contributed by atoms with Crippen molar-refractivity contribution in [1.29, 1.82) is 0 Å². The standard InChI is InChI=1S/C14H22FN3O2/c1-2-18(8-9-19)7-3-4-14(20)17-13-10-11(16)5-6-12(13)15/h5-6,10,19H,2-4,7-9,16H2,1H3,(H,17,20). The molecule has 0 bridgehead atoms. The van der Waals surface area contributed by atoms with Gasteiger partial charge in [-0.05, 0) is 37.7 Å². The van der Waals surface area contributed by atoms with E-state index in [2.05, 4.69) is 5.32 Å². The van der Waals surface area contributed by atoms with Crippen LogP contribution in [0, 0.1) is 5.82 Å². The summed E-state index contributed by atoms with van der Waals surface area (Å²) in [5, 5.41) is 11.4. The smallest absolute Gasteiger partial charge is 0.224 e. The number of nitrogens with two attached hydrogens (primary N) is 1. The van der Waals surface area contributed by atoms with Gasteiger partial charge >= 0.3 is 0 Å². The fraction of sp³-hybridized carbons (Fsp3) is 0.500. The number of amides is 1. The Morgan fingerprint density at radius 3 is 2.85 bits per heavy atom. The molecule has 0 heterocycles. The molecule has 4 N–H and O–H groups in total. The molecule has 0 aliphatic carbocycles. The number of benzene rings is 1. The molecule has 6 heteroatoms. The number of nitrogens with one attached hydrogen (secondary N) is 1. The SMILES string of the molecule is CCN(CCO)CCCC(=O)Nc1cc(N)ccc1F. The number of likely N-dealkylation sites (N-methyl/N-ethyl adjacent to an activating group) is 1. The fourth-order valence-corrected chi connectivity index (χ4v) is 1.88. The van der Waals surface area contributed by atoms with E-state index in [0.717, 1.165) is 13.1 Å². The molecule has 1 aromatic rings.